The Morgan fingerprint density at radius 2 is 0.758 bits per heavy atom. The predicted octanol–water partition coefficient (Wildman–Crippen LogP) is 17.2. The molecule has 0 aromatic heterocycles. The molecule has 5 heteroatoms. The molecule has 0 saturated carbocycles. The van der Waals surface area contributed by atoms with Crippen LogP contribution in [0.4, 0.5) is 0 Å². The van der Waals surface area contributed by atoms with Crippen LogP contribution in [0.3, 0.4) is 0 Å². The van der Waals surface area contributed by atoms with Crippen LogP contribution in [0, 0.1) is 0 Å². The number of allylic oxidation sites excluding steroid dienone is 18. The van der Waals surface area contributed by atoms with Gasteiger partial charge in [0.2, 0.25) is 0 Å². The van der Waals surface area contributed by atoms with E-state index in [1.165, 1.54) is 77.0 Å². The van der Waals surface area contributed by atoms with E-state index in [4.69, 9.17) is 14.2 Å². The van der Waals surface area contributed by atoms with E-state index in [0.29, 0.717) is 19.4 Å². The highest BCUT2D eigenvalue weighted by Gasteiger charge is 2.17. The van der Waals surface area contributed by atoms with Gasteiger partial charge in [0.25, 0.3) is 0 Å². The molecule has 5 nitrogen and oxygen atoms in total. The van der Waals surface area contributed by atoms with Gasteiger partial charge in [-0.15, -0.1) is 0 Å². The Kier molecular flexibility index (Phi) is 49.0. The Bertz CT molecular complexity index is 1250. The quantitative estimate of drug-likeness (QED) is 0.0347. The predicted molar refractivity (Wildman–Crippen MR) is 269 cm³/mol. The summed E-state index contributed by atoms with van der Waals surface area (Å²) < 4.78 is 17.3. The zero-order valence-corrected chi connectivity index (χ0v) is 40.3. The average molecular weight is 859 g/mol. The molecule has 1 atom stereocenters. The van der Waals surface area contributed by atoms with Gasteiger partial charge < -0.3 is 14.2 Å². The van der Waals surface area contributed by atoms with Crippen molar-refractivity contribution in [3.05, 3.63) is 109 Å². The van der Waals surface area contributed by atoms with Gasteiger partial charge in [-0.05, 0) is 109 Å². The maximum absolute atomic E-state index is 12.7. The van der Waals surface area contributed by atoms with Crippen LogP contribution in [0.15, 0.2) is 109 Å². The first-order valence-corrected chi connectivity index (χ1v) is 25.4. The molecule has 0 bridgehead atoms. The first kappa shape index (κ1) is 58.6. The third-order valence-corrected chi connectivity index (χ3v) is 10.3. The van der Waals surface area contributed by atoms with Gasteiger partial charge in [0.1, 0.15) is 6.61 Å². The molecule has 0 N–H and O–H groups in total. The molecule has 0 rings (SSSR count). The molecule has 0 aromatic rings. The van der Waals surface area contributed by atoms with Crippen molar-refractivity contribution in [1.82, 2.24) is 0 Å². The van der Waals surface area contributed by atoms with Crippen LogP contribution in [-0.2, 0) is 23.8 Å². The van der Waals surface area contributed by atoms with E-state index < -0.39 is 6.10 Å². The van der Waals surface area contributed by atoms with E-state index in [1.807, 2.05) is 6.08 Å². The minimum Gasteiger partial charge on any atom is -0.462 e. The largest absolute Gasteiger partial charge is 0.462 e. The molecule has 0 amide bonds. The van der Waals surface area contributed by atoms with Gasteiger partial charge in [0, 0.05) is 19.4 Å². The summed E-state index contributed by atoms with van der Waals surface area (Å²) in [6.07, 6.45) is 71.1. The highest BCUT2D eigenvalue weighted by molar-refractivity contribution is 5.70. The smallest absolute Gasteiger partial charge is 0.306 e. The van der Waals surface area contributed by atoms with Gasteiger partial charge in [0.05, 0.1) is 6.61 Å². The second-order valence-corrected chi connectivity index (χ2v) is 16.3. The number of hydrogen-bond acceptors (Lipinski definition) is 5. The molecule has 0 fully saturated rings. The van der Waals surface area contributed by atoms with Crippen molar-refractivity contribution >= 4 is 11.9 Å². The second kappa shape index (κ2) is 51.9. The molecular weight excluding hydrogens is 765 g/mol. The third kappa shape index (κ3) is 49.2. The normalized spacial score (nSPS) is 13.1. The van der Waals surface area contributed by atoms with Gasteiger partial charge >= 0.3 is 11.9 Å². The summed E-state index contributed by atoms with van der Waals surface area (Å²) in [7, 11) is 0. The molecule has 0 saturated heterocycles. The van der Waals surface area contributed by atoms with Crippen molar-refractivity contribution < 1.29 is 23.8 Å². The summed E-state index contributed by atoms with van der Waals surface area (Å²) in [5.74, 6) is -0.520. The fraction of sp³-hybridized carbons (Fsp3) is 0.649. The highest BCUT2D eigenvalue weighted by atomic mass is 16.6. The topological polar surface area (TPSA) is 61.8 Å². The van der Waals surface area contributed by atoms with Crippen LogP contribution in [0.2, 0.25) is 0 Å². The van der Waals surface area contributed by atoms with Crippen molar-refractivity contribution in [3.63, 3.8) is 0 Å². The van der Waals surface area contributed by atoms with E-state index in [2.05, 4.69) is 124 Å². The molecule has 0 aliphatic carbocycles. The molecule has 352 valence electrons. The highest BCUT2D eigenvalue weighted by Crippen LogP contribution is 2.13. The lowest BCUT2D eigenvalue weighted by Crippen LogP contribution is -2.30. The minimum atomic E-state index is -0.598. The van der Waals surface area contributed by atoms with Crippen molar-refractivity contribution in [2.75, 3.05) is 19.8 Å². The number of ether oxygens (including phenoxy) is 3. The molecule has 0 aliphatic heterocycles. The molecule has 0 heterocycles. The first-order valence-electron chi connectivity index (χ1n) is 25.4. The SMILES string of the molecule is CC/C=C\C/C=C\C/C=C\C/C=C\CCCCCOCC(COC(=O)CCCCCCCCC/C=C\CCCCCCCC)OC(=O)CC/C=C\C/C=C\C/C=C\C/C=C\CC. The number of unbranched alkanes of at least 4 members (excludes halogenated alkanes) is 16. The zero-order valence-electron chi connectivity index (χ0n) is 40.3. The summed E-state index contributed by atoms with van der Waals surface area (Å²) in [5.41, 5.74) is 0. The molecule has 0 aromatic carbocycles. The lowest BCUT2D eigenvalue weighted by Gasteiger charge is -2.18. The summed E-state index contributed by atoms with van der Waals surface area (Å²) in [6, 6.07) is 0. The standard InChI is InChI=1S/C57H94O5/c1-4-7-10-13-16-19-22-25-27-29-30-33-35-38-41-44-47-50-56(58)61-54-55(62-57(59)51-48-45-42-39-36-32-24-21-18-15-12-9-6-3)53-60-52-49-46-43-40-37-34-31-28-26-23-20-17-14-11-8-5-2/h8-9,11-12,17-18,20-21,25-28,32,34,36-37,42,45,55H,4-7,10,13-16,19,22-24,29-31,33,35,38-41,43-44,46-54H2,1-3H3/b11-8-,12-9-,20-17-,21-18-,27-25-,28-26-,36-32-,37-34-,45-42-. The van der Waals surface area contributed by atoms with Crippen LogP contribution in [0.1, 0.15) is 213 Å². The number of rotatable bonds is 45. The van der Waals surface area contributed by atoms with Crippen LogP contribution in [0.5, 0.6) is 0 Å². The summed E-state index contributed by atoms with van der Waals surface area (Å²) >= 11 is 0. The number of carbonyl (C=O) groups is 2. The van der Waals surface area contributed by atoms with Crippen LogP contribution < -0.4 is 0 Å². The van der Waals surface area contributed by atoms with E-state index in [0.717, 1.165) is 96.3 Å². The Morgan fingerprint density at radius 1 is 0.371 bits per heavy atom. The molecule has 0 spiro atoms. The van der Waals surface area contributed by atoms with Gasteiger partial charge in [-0.3, -0.25) is 9.59 Å². The zero-order chi connectivity index (χ0) is 44.9. The second-order valence-electron chi connectivity index (χ2n) is 16.3. The maximum atomic E-state index is 12.7. The fourth-order valence-electron chi connectivity index (χ4n) is 6.57. The number of hydrogen-bond donors (Lipinski definition) is 0. The summed E-state index contributed by atoms with van der Waals surface area (Å²) in [5, 5.41) is 0. The van der Waals surface area contributed by atoms with Gasteiger partial charge in [-0.2, -0.15) is 0 Å². The lowest BCUT2D eigenvalue weighted by molar-refractivity contribution is -0.162. The monoisotopic (exact) mass is 859 g/mol. The summed E-state index contributed by atoms with van der Waals surface area (Å²) in [4.78, 5) is 25.3. The van der Waals surface area contributed by atoms with E-state index in [9.17, 15) is 9.59 Å². The Labute approximate surface area is 383 Å². The van der Waals surface area contributed by atoms with Gasteiger partial charge in [-0.25, -0.2) is 0 Å². The van der Waals surface area contributed by atoms with Gasteiger partial charge in [0.15, 0.2) is 6.10 Å². The minimum absolute atomic E-state index is 0.0355. The molecule has 62 heavy (non-hydrogen) atoms. The molecule has 1 unspecified atom stereocenters. The van der Waals surface area contributed by atoms with Crippen LogP contribution in [0.25, 0.3) is 0 Å². The Morgan fingerprint density at radius 3 is 1.24 bits per heavy atom. The van der Waals surface area contributed by atoms with Crippen LogP contribution in [-0.4, -0.2) is 37.9 Å². The molecule has 0 radical (unpaired) electrons. The van der Waals surface area contributed by atoms with E-state index in [-0.39, 0.29) is 31.6 Å². The molecule has 0 aliphatic rings. The fourth-order valence-corrected chi connectivity index (χ4v) is 6.57. The van der Waals surface area contributed by atoms with Crippen molar-refractivity contribution in [3.8, 4) is 0 Å². The average Bonchev–Trinajstić information content (AvgIpc) is 3.27. The van der Waals surface area contributed by atoms with E-state index in [1.54, 1.807) is 0 Å². The Hall–Kier alpha value is -3.44. The first-order chi connectivity index (χ1) is 30.6. The van der Waals surface area contributed by atoms with Crippen molar-refractivity contribution in [1.29, 1.82) is 0 Å². The molecular formula is C57H94O5. The maximum Gasteiger partial charge on any atom is 0.306 e. The lowest BCUT2D eigenvalue weighted by atomic mass is 10.1. The van der Waals surface area contributed by atoms with E-state index >= 15 is 0 Å². The van der Waals surface area contributed by atoms with Crippen molar-refractivity contribution in [2.45, 2.75) is 219 Å². The number of carbonyl (C=O) groups excluding carboxylic acids is 2. The van der Waals surface area contributed by atoms with Crippen LogP contribution >= 0.6 is 0 Å². The van der Waals surface area contributed by atoms with Crippen molar-refractivity contribution in [2.24, 2.45) is 0 Å². The van der Waals surface area contributed by atoms with Gasteiger partial charge in [-0.1, -0.05) is 201 Å². The Balaban J connectivity index is 4.41. The summed E-state index contributed by atoms with van der Waals surface area (Å²) in [6.45, 7) is 7.43. The third-order valence-electron chi connectivity index (χ3n) is 10.3. The number of esters is 2.